The number of phenolic OH excluding ortho intramolecular Hbond substituents is 1. The predicted octanol–water partition coefficient (Wildman–Crippen LogP) is 4.12. The number of phenols is 1. The molecule has 2 aromatic rings. The standard InChI is InChI=1S/C16H14BrNO2/c1-11-10-13(5-8-15(11)17)18-16(20)9-4-12-2-6-14(19)7-3-12/h2-10,19H,1H3,(H,18,20)/b9-4+. The van der Waals surface area contributed by atoms with Crippen molar-refractivity contribution >= 4 is 33.6 Å². The van der Waals surface area contributed by atoms with Crippen molar-refractivity contribution in [1.82, 2.24) is 0 Å². The first-order valence-corrected chi connectivity index (χ1v) is 6.88. The molecule has 0 fully saturated rings. The average Bonchev–Trinajstić information content (AvgIpc) is 2.42. The van der Waals surface area contributed by atoms with Crippen LogP contribution in [-0.2, 0) is 4.79 Å². The average molecular weight is 332 g/mol. The van der Waals surface area contributed by atoms with E-state index < -0.39 is 0 Å². The van der Waals surface area contributed by atoms with E-state index in [2.05, 4.69) is 21.2 Å². The maximum absolute atomic E-state index is 11.8. The van der Waals surface area contributed by atoms with Crippen molar-refractivity contribution in [2.45, 2.75) is 6.92 Å². The monoisotopic (exact) mass is 331 g/mol. The quantitative estimate of drug-likeness (QED) is 0.831. The number of aromatic hydroxyl groups is 1. The van der Waals surface area contributed by atoms with Crippen LogP contribution in [0.25, 0.3) is 6.08 Å². The number of nitrogens with one attached hydrogen (secondary N) is 1. The Morgan fingerprint density at radius 2 is 1.90 bits per heavy atom. The maximum Gasteiger partial charge on any atom is 0.248 e. The van der Waals surface area contributed by atoms with E-state index in [0.717, 1.165) is 21.3 Å². The number of anilines is 1. The lowest BCUT2D eigenvalue weighted by Gasteiger charge is -2.04. The zero-order chi connectivity index (χ0) is 14.5. The van der Waals surface area contributed by atoms with Crippen molar-refractivity contribution in [2.24, 2.45) is 0 Å². The second-order valence-corrected chi connectivity index (χ2v) is 5.23. The molecule has 3 nitrogen and oxygen atoms in total. The van der Waals surface area contributed by atoms with Gasteiger partial charge in [0.15, 0.2) is 0 Å². The number of hydrogen-bond acceptors (Lipinski definition) is 2. The highest BCUT2D eigenvalue weighted by Gasteiger charge is 2.00. The number of halogens is 1. The zero-order valence-electron chi connectivity index (χ0n) is 10.9. The van der Waals surface area contributed by atoms with Gasteiger partial charge in [0, 0.05) is 16.2 Å². The smallest absolute Gasteiger partial charge is 0.248 e. The van der Waals surface area contributed by atoms with Gasteiger partial charge in [-0.25, -0.2) is 0 Å². The fourth-order valence-electron chi connectivity index (χ4n) is 1.66. The number of benzene rings is 2. The molecule has 0 aliphatic heterocycles. The molecule has 2 rings (SSSR count). The van der Waals surface area contributed by atoms with Crippen LogP contribution >= 0.6 is 15.9 Å². The summed E-state index contributed by atoms with van der Waals surface area (Å²) in [6, 6.07) is 12.3. The molecule has 20 heavy (non-hydrogen) atoms. The van der Waals surface area contributed by atoms with Gasteiger partial charge in [0.05, 0.1) is 0 Å². The predicted molar refractivity (Wildman–Crippen MR) is 84.6 cm³/mol. The van der Waals surface area contributed by atoms with E-state index in [1.807, 2.05) is 25.1 Å². The van der Waals surface area contributed by atoms with Gasteiger partial charge in [-0.1, -0.05) is 28.1 Å². The molecule has 0 aliphatic carbocycles. The minimum absolute atomic E-state index is 0.195. The van der Waals surface area contributed by atoms with Crippen LogP contribution < -0.4 is 5.32 Å². The summed E-state index contributed by atoms with van der Waals surface area (Å²) in [5.41, 5.74) is 2.67. The largest absolute Gasteiger partial charge is 0.508 e. The summed E-state index contributed by atoms with van der Waals surface area (Å²) in [6.45, 7) is 1.96. The Bertz CT molecular complexity index is 648. The summed E-state index contributed by atoms with van der Waals surface area (Å²) >= 11 is 3.42. The van der Waals surface area contributed by atoms with E-state index in [0.29, 0.717) is 0 Å². The van der Waals surface area contributed by atoms with Crippen molar-refractivity contribution in [2.75, 3.05) is 5.32 Å². The molecular formula is C16H14BrNO2. The van der Waals surface area contributed by atoms with Gasteiger partial charge in [0.25, 0.3) is 0 Å². The number of carbonyl (C=O) groups excluding carboxylic acids is 1. The van der Waals surface area contributed by atoms with Crippen molar-refractivity contribution < 1.29 is 9.90 Å². The molecule has 0 heterocycles. The highest BCUT2D eigenvalue weighted by molar-refractivity contribution is 9.10. The van der Waals surface area contributed by atoms with Crippen molar-refractivity contribution in [3.05, 3.63) is 64.1 Å². The van der Waals surface area contributed by atoms with Gasteiger partial charge < -0.3 is 10.4 Å². The molecule has 0 saturated heterocycles. The van der Waals surface area contributed by atoms with E-state index in [1.54, 1.807) is 30.3 Å². The maximum atomic E-state index is 11.8. The van der Waals surface area contributed by atoms with Gasteiger partial charge in [-0.15, -0.1) is 0 Å². The number of rotatable bonds is 3. The van der Waals surface area contributed by atoms with Gasteiger partial charge in [0.1, 0.15) is 5.75 Å². The normalized spacial score (nSPS) is 10.7. The Hall–Kier alpha value is -2.07. The van der Waals surface area contributed by atoms with Crippen molar-refractivity contribution in [3.63, 3.8) is 0 Å². The molecule has 0 unspecified atom stereocenters. The first-order valence-electron chi connectivity index (χ1n) is 6.09. The lowest BCUT2D eigenvalue weighted by molar-refractivity contribution is -0.111. The summed E-state index contributed by atoms with van der Waals surface area (Å²) in [7, 11) is 0. The van der Waals surface area contributed by atoms with Crippen molar-refractivity contribution in [3.8, 4) is 5.75 Å². The van der Waals surface area contributed by atoms with Gasteiger partial charge >= 0.3 is 0 Å². The first-order chi connectivity index (χ1) is 9.54. The Morgan fingerprint density at radius 1 is 1.20 bits per heavy atom. The number of aryl methyl sites for hydroxylation is 1. The van der Waals surface area contributed by atoms with Crippen LogP contribution in [-0.4, -0.2) is 11.0 Å². The fourth-order valence-corrected chi connectivity index (χ4v) is 1.91. The SMILES string of the molecule is Cc1cc(NC(=O)/C=C/c2ccc(O)cc2)ccc1Br. The molecule has 1 amide bonds. The van der Waals surface area contributed by atoms with Gasteiger partial charge in [-0.05, 0) is 54.5 Å². The summed E-state index contributed by atoms with van der Waals surface area (Å²) in [5, 5.41) is 12.0. The summed E-state index contributed by atoms with van der Waals surface area (Å²) in [5.74, 6) is 0.0109. The lowest BCUT2D eigenvalue weighted by Crippen LogP contribution is -2.07. The van der Waals surface area contributed by atoms with E-state index in [1.165, 1.54) is 6.08 Å². The molecule has 0 aliphatic rings. The van der Waals surface area contributed by atoms with Crippen LogP contribution in [0.5, 0.6) is 5.75 Å². The van der Waals surface area contributed by atoms with Gasteiger partial charge in [-0.3, -0.25) is 4.79 Å². The topological polar surface area (TPSA) is 49.3 Å². The lowest BCUT2D eigenvalue weighted by atomic mass is 10.2. The third-order valence-electron chi connectivity index (χ3n) is 2.75. The van der Waals surface area contributed by atoms with Crippen LogP contribution in [0.4, 0.5) is 5.69 Å². The van der Waals surface area contributed by atoms with E-state index in [4.69, 9.17) is 0 Å². The molecule has 0 atom stereocenters. The molecule has 0 aromatic heterocycles. The van der Waals surface area contributed by atoms with Gasteiger partial charge in [0.2, 0.25) is 5.91 Å². The molecule has 2 aromatic carbocycles. The Morgan fingerprint density at radius 3 is 2.55 bits per heavy atom. The van der Waals surface area contributed by atoms with Crippen LogP contribution in [0.1, 0.15) is 11.1 Å². The molecular weight excluding hydrogens is 318 g/mol. The summed E-state index contributed by atoms with van der Waals surface area (Å²) < 4.78 is 1.01. The van der Waals surface area contributed by atoms with Crippen LogP contribution in [0, 0.1) is 6.92 Å². The van der Waals surface area contributed by atoms with E-state index >= 15 is 0 Å². The third-order valence-corrected chi connectivity index (χ3v) is 3.64. The molecule has 0 saturated carbocycles. The fraction of sp³-hybridized carbons (Fsp3) is 0.0625. The van der Waals surface area contributed by atoms with Crippen LogP contribution in [0.15, 0.2) is 53.0 Å². The number of amides is 1. The highest BCUT2D eigenvalue weighted by atomic mass is 79.9. The summed E-state index contributed by atoms with van der Waals surface area (Å²) in [6.07, 6.45) is 3.16. The van der Waals surface area contributed by atoms with Gasteiger partial charge in [-0.2, -0.15) is 0 Å². The second kappa shape index (κ2) is 6.39. The Labute approximate surface area is 126 Å². The molecule has 0 bridgehead atoms. The van der Waals surface area contributed by atoms with E-state index in [9.17, 15) is 9.90 Å². The van der Waals surface area contributed by atoms with Crippen LogP contribution in [0.2, 0.25) is 0 Å². The second-order valence-electron chi connectivity index (χ2n) is 4.38. The van der Waals surface area contributed by atoms with E-state index in [-0.39, 0.29) is 11.7 Å². The Balaban J connectivity index is 2.01. The number of carbonyl (C=O) groups is 1. The highest BCUT2D eigenvalue weighted by Crippen LogP contribution is 2.20. The molecule has 4 heteroatoms. The first kappa shape index (κ1) is 14.3. The molecule has 0 spiro atoms. The minimum Gasteiger partial charge on any atom is -0.508 e. The van der Waals surface area contributed by atoms with Crippen LogP contribution in [0.3, 0.4) is 0 Å². The Kier molecular flexibility index (Phi) is 4.58. The number of hydrogen-bond donors (Lipinski definition) is 2. The third kappa shape index (κ3) is 3.96. The van der Waals surface area contributed by atoms with Crippen molar-refractivity contribution in [1.29, 1.82) is 0 Å². The molecule has 102 valence electrons. The zero-order valence-corrected chi connectivity index (χ0v) is 12.5. The molecule has 0 radical (unpaired) electrons. The minimum atomic E-state index is -0.195. The molecule has 2 N–H and O–H groups in total. The summed E-state index contributed by atoms with van der Waals surface area (Å²) in [4.78, 5) is 11.8.